The molecule has 1 N–H and O–H groups in total. The third-order valence-corrected chi connectivity index (χ3v) is 3.46. The van der Waals surface area contributed by atoms with Crippen LogP contribution in [0.25, 0.3) is 0 Å². The third-order valence-electron chi connectivity index (χ3n) is 2.40. The van der Waals surface area contributed by atoms with Crippen LogP contribution in [0, 0.1) is 0 Å². The molecule has 0 aliphatic heterocycles. The lowest BCUT2D eigenvalue weighted by molar-refractivity contribution is -0.140. The first-order chi connectivity index (χ1) is 7.70. The van der Waals surface area contributed by atoms with E-state index in [9.17, 15) is 9.90 Å². The molecule has 0 bridgehead atoms. The van der Waals surface area contributed by atoms with Crippen molar-refractivity contribution in [3.05, 3.63) is 0 Å². The molecule has 0 saturated carbocycles. The topological polar surface area (TPSA) is 46.5 Å². The van der Waals surface area contributed by atoms with E-state index in [1.807, 2.05) is 0 Å². The smallest absolute Gasteiger partial charge is 0.306 e. The van der Waals surface area contributed by atoms with Crippen molar-refractivity contribution >= 4 is 17.7 Å². The molecule has 0 amide bonds. The molecular formula is C12H24O3S. The number of aliphatic hydroxyl groups excluding tert-OH is 1. The molecule has 96 valence electrons. The van der Waals surface area contributed by atoms with Gasteiger partial charge in [-0.25, -0.2) is 0 Å². The van der Waals surface area contributed by atoms with Crippen LogP contribution in [0.5, 0.6) is 0 Å². The Morgan fingerprint density at radius 3 is 2.62 bits per heavy atom. The predicted molar refractivity (Wildman–Crippen MR) is 68.5 cm³/mol. The molecular weight excluding hydrogens is 224 g/mol. The molecule has 0 aromatic heterocycles. The molecule has 0 aliphatic carbocycles. The molecule has 16 heavy (non-hydrogen) atoms. The van der Waals surface area contributed by atoms with E-state index >= 15 is 0 Å². The van der Waals surface area contributed by atoms with Crippen molar-refractivity contribution in [2.24, 2.45) is 0 Å². The summed E-state index contributed by atoms with van der Waals surface area (Å²) >= 11 is 1.44. The minimum atomic E-state index is -0.328. The van der Waals surface area contributed by atoms with Gasteiger partial charge in [-0.15, -0.1) is 11.8 Å². The van der Waals surface area contributed by atoms with E-state index in [1.165, 1.54) is 44.6 Å². The average Bonchev–Trinajstić information content (AvgIpc) is 2.28. The quantitative estimate of drug-likeness (QED) is 0.367. The molecule has 0 spiro atoms. The highest BCUT2D eigenvalue weighted by Crippen LogP contribution is 2.17. The van der Waals surface area contributed by atoms with Gasteiger partial charge >= 0.3 is 5.97 Å². The van der Waals surface area contributed by atoms with E-state index in [4.69, 9.17) is 0 Å². The summed E-state index contributed by atoms with van der Waals surface area (Å²) in [7, 11) is 1.39. The van der Waals surface area contributed by atoms with Crippen LogP contribution in [0.1, 0.15) is 51.9 Å². The number of carbonyl (C=O) groups excluding carboxylic acids is 1. The maximum atomic E-state index is 10.8. The summed E-state index contributed by atoms with van der Waals surface area (Å²) < 4.78 is 4.52. The molecule has 0 radical (unpaired) electrons. The van der Waals surface area contributed by atoms with Gasteiger partial charge in [0.1, 0.15) is 0 Å². The number of methoxy groups -OCH3 is 1. The minimum Gasteiger partial charge on any atom is -0.469 e. The molecule has 4 heteroatoms. The summed E-state index contributed by atoms with van der Waals surface area (Å²) in [5.74, 6) is 0.436. The van der Waals surface area contributed by atoms with Gasteiger partial charge < -0.3 is 9.84 Å². The highest BCUT2D eigenvalue weighted by molar-refractivity contribution is 7.99. The average molecular weight is 248 g/mol. The summed E-state index contributed by atoms with van der Waals surface area (Å²) in [6.45, 7) is 2.19. The number of hydrogen-bond donors (Lipinski definition) is 1. The number of ether oxygens (including phenoxy) is 1. The first-order valence-electron chi connectivity index (χ1n) is 6.07. The Morgan fingerprint density at radius 2 is 2.00 bits per heavy atom. The number of carbonyl (C=O) groups is 1. The molecule has 0 saturated heterocycles. The number of esters is 1. The summed E-state index contributed by atoms with van der Waals surface area (Å²) in [4.78, 5) is 10.8. The van der Waals surface area contributed by atoms with Gasteiger partial charge in [0, 0.05) is 5.75 Å². The standard InChI is InChI=1S/C12H24O3S/c1-3-4-5-6-7-8-12(14)16-10-9-11(13)15-2/h12,14H,3-10H2,1-2H3. The fourth-order valence-corrected chi connectivity index (χ4v) is 2.28. The van der Waals surface area contributed by atoms with Crippen molar-refractivity contribution < 1.29 is 14.6 Å². The van der Waals surface area contributed by atoms with E-state index in [0.717, 1.165) is 12.8 Å². The van der Waals surface area contributed by atoms with E-state index in [-0.39, 0.29) is 11.4 Å². The zero-order valence-corrected chi connectivity index (χ0v) is 11.2. The molecule has 0 rings (SSSR count). The summed E-state index contributed by atoms with van der Waals surface area (Å²) in [6.07, 6.45) is 7.27. The Labute approximate surface area is 103 Å². The van der Waals surface area contributed by atoms with Gasteiger partial charge in [-0.3, -0.25) is 4.79 Å². The lowest BCUT2D eigenvalue weighted by Gasteiger charge is -2.09. The highest BCUT2D eigenvalue weighted by Gasteiger charge is 2.06. The Bertz CT molecular complexity index is 174. The number of unbranched alkanes of at least 4 members (excludes halogenated alkanes) is 4. The molecule has 0 aromatic carbocycles. The Morgan fingerprint density at radius 1 is 1.31 bits per heavy atom. The van der Waals surface area contributed by atoms with Crippen LogP contribution in [0.15, 0.2) is 0 Å². The van der Waals surface area contributed by atoms with Crippen molar-refractivity contribution in [1.82, 2.24) is 0 Å². The Kier molecular flexibility index (Phi) is 11.1. The molecule has 0 heterocycles. The molecule has 0 aromatic rings. The van der Waals surface area contributed by atoms with Crippen LogP contribution in [0.4, 0.5) is 0 Å². The number of aliphatic hydroxyl groups is 1. The second kappa shape index (κ2) is 11.3. The molecule has 1 unspecified atom stereocenters. The van der Waals surface area contributed by atoms with Crippen LogP contribution in [0.3, 0.4) is 0 Å². The van der Waals surface area contributed by atoms with Gasteiger partial charge in [-0.05, 0) is 6.42 Å². The van der Waals surface area contributed by atoms with Crippen molar-refractivity contribution in [2.45, 2.75) is 57.3 Å². The van der Waals surface area contributed by atoms with Gasteiger partial charge in [0.05, 0.1) is 19.0 Å². The summed E-state index contributed by atoms with van der Waals surface area (Å²) in [6, 6.07) is 0. The van der Waals surface area contributed by atoms with Gasteiger partial charge in [-0.2, -0.15) is 0 Å². The zero-order chi connectivity index (χ0) is 12.2. The Hall–Kier alpha value is -0.220. The van der Waals surface area contributed by atoms with E-state index < -0.39 is 0 Å². The van der Waals surface area contributed by atoms with E-state index in [2.05, 4.69) is 11.7 Å². The van der Waals surface area contributed by atoms with Crippen molar-refractivity contribution in [1.29, 1.82) is 0 Å². The second-order valence-corrected chi connectivity index (χ2v) is 5.14. The number of thioether (sulfide) groups is 1. The molecule has 0 aliphatic rings. The van der Waals surface area contributed by atoms with Crippen LogP contribution >= 0.6 is 11.8 Å². The maximum absolute atomic E-state index is 10.8. The molecule has 3 nitrogen and oxygen atoms in total. The van der Waals surface area contributed by atoms with Crippen LogP contribution in [-0.2, 0) is 9.53 Å². The van der Waals surface area contributed by atoms with E-state index in [0.29, 0.717) is 12.2 Å². The maximum Gasteiger partial charge on any atom is 0.306 e. The predicted octanol–water partition coefficient (Wildman–Crippen LogP) is 2.96. The van der Waals surface area contributed by atoms with Gasteiger partial charge in [0.15, 0.2) is 0 Å². The molecule has 1 atom stereocenters. The zero-order valence-electron chi connectivity index (χ0n) is 10.4. The van der Waals surface area contributed by atoms with Gasteiger partial charge in [-0.1, -0.05) is 39.0 Å². The van der Waals surface area contributed by atoms with Crippen LogP contribution in [-0.4, -0.2) is 29.4 Å². The van der Waals surface area contributed by atoms with Crippen molar-refractivity contribution in [3.8, 4) is 0 Å². The fraction of sp³-hybridized carbons (Fsp3) is 0.917. The first kappa shape index (κ1) is 15.8. The third kappa shape index (κ3) is 10.3. The van der Waals surface area contributed by atoms with Crippen molar-refractivity contribution in [2.75, 3.05) is 12.9 Å². The number of hydrogen-bond acceptors (Lipinski definition) is 4. The van der Waals surface area contributed by atoms with Gasteiger partial charge in [0.2, 0.25) is 0 Å². The second-order valence-electron chi connectivity index (χ2n) is 3.85. The minimum absolute atomic E-state index is 0.206. The largest absolute Gasteiger partial charge is 0.469 e. The summed E-state index contributed by atoms with van der Waals surface area (Å²) in [5.41, 5.74) is -0.328. The van der Waals surface area contributed by atoms with Crippen molar-refractivity contribution in [3.63, 3.8) is 0 Å². The fourth-order valence-electron chi connectivity index (χ4n) is 1.39. The lowest BCUT2D eigenvalue weighted by atomic mass is 10.1. The van der Waals surface area contributed by atoms with Crippen LogP contribution < -0.4 is 0 Å². The number of rotatable bonds is 10. The van der Waals surface area contributed by atoms with Gasteiger partial charge in [0.25, 0.3) is 0 Å². The first-order valence-corrected chi connectivity index (χ1v) is 7.12. The SMILES string of the molecule is CCCCCCCC(O)SCCC(=O)OC. The monoisotopic (exact) mass is 248 g/mol. The lowest BCUT2D eigenvalue weighted by Crippen LogP contribution is -2.06. The van der Waals surface area contributed by atoms with Crippen LogP contribution in [0.2, 0.25) is 0 Å². The molecule has 0 fully saturated rings. The highest BCUT2D eigenvalue weighted by atomic mass is 32.2. The summed E-state index contributed by atoms with van der Waals surface area (Å²) in [5, 5.41) is 9.60. The van der Waals surface area contributed by atoms with E-state index in [1.54, 1.807) is 0 Å². The normalized spacial score (nSPS) is 12.4. The Balaban J connectivity index is 3.24.